The molecule has 3 aromatic rings. The van der Waals surface area contributed by atoms with Crippen LogP contribution in [0.5, 0.6) is 5.75 Å². The van der Waals surface area contributed by atoms with Crippen molar-refractivity contribution in [3.8, 4) is 11.4 Å². The topological polar surface area (TPSA) is 92.0 Å². The normalized spacial score (nSPS) is 12.1. The molecule has 1 aromatic carbocycles. The molecular formula is C16H17N5O3S. The fourth-order valence-corrected chi connectivity index (χ4v) is 3.04. The number of aromatic nitrogens is 5. The molecule has 25 heavy (non-hydrogen) atoms. The Labute approximate surface area is 148 Å². The number of nitrogens with zero attached hydrogens (tertiary/aromatic N) is 5. The van der Waals surface area contributed by atoms with Gasteiger partial charge in [-0.25, -0.2) is 9.97 Å². The first-order chi connectivity index (χ1) is 12.1. The summed E-state index contributed by atoms with van der Waals surface area (Å²) in [5.41, 5.74) is 1.91. The van der Waals surface area contributed by atoms with Crippen LogP contribution in [0.1, 0.15) is 13.8 Å². The summed E-state index contributed by atoms with van der Waals surface area (Å²) in [5, 5.41) is 8.53. The van der Waals surface area contributed by atoms with E-state index in [0.29, 0.717) is 22.8 Å². The quantitative estimate of drug-likeness (QED) is 0.376. The first-order valence-electron chi connectivity index (χ1n) is 7.68. The van der Waals surface area contributed by atoms with Crippen LogP contribution in [0.4, 0.5) is 0 Å². The lowest BCUT2D eigenvalue weighted by atomic mass is 10.3. The Morgan fingerprint density at radius 1 is 1.28 bits per heavy atom. The highest BCUT2D eigenvalue weighted by atomic mass is 32.2. The summed E-state index contributed by atoms with van der Waals surface area (Å²) in [4.78, 5) is 20.3. The Balaban J connectivity index is 1.93. The van der Waals surface area contributed by atoms with Crippen molar-refractivity contribution in [2.24, 2.45) is 0 Å². The first-order valence-corrected chi connectivity index (χ1v) is 8.56. The smallest absolute Gasteiger partial charge is 0.319 e. The number of methoxy groups -OCH3 is 1. The Kier molecular flexibility index (Phi) is 5.13. The third-order valence-electron chi connectivity index (χ3n) is 3.43. The number of hydrogen-bond acceptors (Lipinski definition) is 8. The number of carbonyl (C=O) groups is 1. The summed E-state index contributed by atoms with van der Waals surface area (Å²) in [6.45, 7) is 3.89. The van der Waals surface area contributed by atoms with E-state index in [1.807, 2.05) is 24.3 Å². The summed E-state index contributed by atoms with van der Waals surface area (Å²) in [6, 6.07) is 7.40. The number of benzene rings is 1. The van der Waals surface area contributed by atoms with Crippen molar-refractivity contribution >= 4 is 28.9 Å². The summed E-state index contributed by atoms with van der Waals surface area (Å²) in [6.07, 6.45) is 1.44. The van der Waals surface area contributed by atoms with Crippen molar-refractivity contribution in [3.63, 3.8) is 0 Å². The second-order valence-electron chi connectivity index (χ2n) is 5.06. The van der Waals surface area contributed by atoms with E-state index in [4.69, 9.17) is 9.47 Å². The number of fused-ring (bicyclic) bond motifs is 1. The van der Waals surface area contributed by atoms with Gasteiger partial charge in [-0.15, -0.1) is 5.10 Å². The van der Waals surface area contributed by atoms with E-state index in [9.17, 15) is 4.79 Å². The first kappa shape index (κ1) is 17.2. The number of rotatable bonds is 6. The van der Waals surface area contributed by atoms with Crippen LogP contribution in [-0.2, 0) is 9.53 Å². The van der Waals surface area contributed by atoms with Gasteiger partial charge in [0.25, 0.3) is 0 Å². The van der Waals surface area contributed by atoms with Crippen molar-refractivity contribution in [2.75, 3.05) is 13.7 Å². The zero-order chi connectivity index (χ0) is 17.8. The van der Waals surface area contributed by atoms with Crippen LogP contribution in [0, 0.1) is 0 Å². The highest BCUT2D eigenvalue weighted by molar-refractivity contribution is 8.00. The van der Waals surface area contributed by atoms with Gasteiger partial charge in [-0.1, -0.05) is 17.0 Å². The zero-order valence-corrected chi connectivity index (χ0v) is 14.9. The minimum absolute atomic E-state index is 0.290. The molecule has 0 fully saturated rings. The minimum Gasteiger partial charge on any atom is -0.497 e. The summed E-state index contributed by atoms with van der Waals surface area (Å²) >= 11 is 1.27. The van der Waals surface area contributed by atoms with Gasteiger partial charge in [-0.3, -0.25) is 4.79 Å². The van der Waals surface area contributed by atoms with Crippen molar-refractivity contribution in [1.82, 2.24) is 25.0 Å². The van der Waals surface area contributed by atoms with E-state index in [-0.39, 0.29) is 5.97 Å². The molecule has 0 aliphatic heterocycles. The Morgan fingerprint density at radius 3 is 2.72 bits per heavy atom. The standard InChI is InChI=1S/C16H17N5O3S/c1-4-24-16(22)10(2)25-15-13-14(17-9-18-15)21(20-19-13)11-5-7-12(23-3)8-6-11/h5-10H,4H2,1-3H3. The monoisotopic (exact) mass is 359 g/mol. The van der Waals surface area contributed by atoms with E-state index in [1.54, 1.807) is 25.6 Å². The lowest BCUT2D eigenvalue weighted by Crippen LogP contribution is -2.16. The summed E-state index contributed by atoms with van der Waals surface area (Å²) in [7, 11) is 1.61. The molecule has 0 bridgehead atoms. The molecule has 130 valence electrons. The highest BCUT2D eigenvalue weighted by Gasteiger charge is 2.20. The van der Waals surface area contributed by atoms with E-state index in [1.165, 1.54) is 18.1 Å². The number of thioether (sulfide) groups is 1. The van der Waals surface area contributed by atoms with Crippen molar-refractivity contribution in [2.45, 2.75) is 24.1 Å². The molecular weight excluding hydrogens is 342 g/mol. The van der Waals surface area contributed by atoms with Crippen LogP contribution >= 0.6 is 11.8 Å². The van der Waals surface area contributed by atoms with E-state index >= 15 is 0 Å². The maximum absolute atomic E-state index is 11.8. The highest BCUT2D eigenvalue weighted by Crippen LogP contribution is 2.28. The van der Waals surface area contributed by atoms with E-state index < -0.39 is 5.25 Å². The molecule has 1 unspecified atom stereocenters. The number of hydrogen-bond donors (Lipinski definition) is 0. The van der Waals surface area contributed by atoms with Crippen LogP contribution in [0.3, 0.4) is 0 Å². The molecule has 9 heteroatoms. The summed E-state index contributed by atoms with van der Waals surface area (Å²) < 4.78 is 11.8. The van der Waals surface area contributed by atoms with Gasteiger partial charge in [0, 0.05) is 0 Å². The zero-order valence-electron chi connectivity index (χ0n) is 14.0. The van der Waals surface area contributed by atoms with Gasteiger partial charge in [-0.05, 0) is 38.1 Å². The Morgan fingerprint density at radius 2 is 2.04 bits per heavy atom. The molecule has 0 spiro atoms. The largest absolute Gasteiger partial charge is 0.497 e. The molecule has 3 rings (SSSR count). The van der Waals surface area contributed by atoms with Gasteiger partial charge < -0.3 is 9.47 Å². The van der Waals surface area contributed by atoms with Gasteiger partial charge >= 0.3 is 5.97 Å². The molecule has 1 atom stereocenters. The molecule has 0 radical (unpaired) electrons. The van der Waals surface area contributed by atoms with Crippen LogP contribution in [-0.4, -0.2) is 49.9 Å². The molecule has 8 nitrogen and oxygen atoms in total. The third-order valence-corrected chi connectivity index (χ3v) is 4.50. The number of carbonyl (C=O) groups excluding carboxylic acids is 1. The predicted molar refractivity (Wildman–Crippen MR) is 93.0 cm³/mol. The molecule has 0 amide bonds. The predicted octanol–water partition coefficient (Wildman–Crippen LogP) is 2.26. The molecule has 0 aliphatic rings. The lowest BCUT2D eigenvalue weighted by Gasteiger charge is -2.09. The molecule has 0 aliphatic carbocycles. The van der Waals surface area contributed by atoms with Crippen molar-refractivity contribution in [3.05, 3.63) is 30.6 Å². The van der Waals surface area contributed by atoms with E-state index in [0.717, 1.165) is 11.4 Å². The van der Waals surface area contributed by atoms with Crippen LogP contribution in [0.2, 0.25) is 0 Å². The van der Waals surface area contributed by atoms with Gasteiger partial charge in [0.05, 0.1) is 19.4 Å². The third kappa shape index (κ3) is 3.55. The molecule has 0 saturated heterocycles. The second-order valence-corrected chi connectivity index (χ2v) is 6.39. The average molecular weight is 359 g/mol. The SMILES string of the molecule is CCOC(=O)C(C)Sc1ncnc2c1nnn2-c1ccc(OC)cc1. The number of ether oxygens (including phenoxy) is 2. The van der Waals surface area contributed by atoms with Crippen LogP contribution < -0.4 is 4.74 Å². The maximum Gasteiger partial charge on any atom is 0.319 e. The van der Waals surface area contributed by atoms with Gasteiger partial charge in [0.1, 0.15) is 22.4 Å². The van der Waals surface area contributed by atoms with Gasteiger partial charge in [0.2, 0.25) is 0 Å². The van der Waals surface area contributed by atoms with Crippen LogP contribution in [0.15, 0.2) is 35.6 Å². The van der Waals surface area contributed by atoms with E-state index in [2.05, 4.69) is 20.3 Å². The Hall–Kier alpha value is -2.68. The minimum atomic E-state index is -0.399. The summed E-state index contributed by atoms with van der Waals surface area (Å²) in [5.74, 6) is 0.462. The molecule has 2 aromatic heterocycles. The molecule has 2 heterocycles. The van der Waals surface area contributed by atoms with Crippen LogP contribution in [0.25, 0.3) is 16.9 Å². The van der Waals surface area contributed by atoms with Crippen molar-refractivity contribution < 1.29 is 14.3 Å². The van der Waals surface area contributed by atoms with Gasteiger partial charge in [0.15, 0.2) is 11.2 Å². The lowest BCUT2D eigenvalue weighted by molar-refractivity contribution is -0.142. The van der Waals surface area contributed by atoms with Gasteiger partial charge in [-0.2, -0.15) is 4.68 Å². The fraction of sp³-hybridized carbons (Fsp3) is 0.312. The maximum atomic E-state index is 11.8. The fourth-order valence-electron chi connectivity index (χ4n) is 2.19. The average Bonchev–Trinajstić information content (AvgIpc) is 3.07. The Bertz CT molecular complexity index is 881. The molecule has 0 saturated carbocycles. The second kappa shape index (κ2) is 7.47. The number of esters is 1. The molecule has 0 N–H and O–H groups in total. The van der Waals surface area contributed by atoms with Crippen molar-refractivity contribution in [1.29, 1.82) is 0 Å².